The van der Waals surface area contributed by atoms with Gasteiger partial charge in [0.25, 0.3) is 5.91 Å². The maximum absolute atomic E-state index is 12.3. The van der Waals surface area contributed by atoms with Gasteiger partial charge in [0.2, 0.25) is 0 Å². The van der Waals surface area contributed by atoms with Crippen LogP contribution in [0, 0.1) is 5.92 Å². The van der Waals surface area contributed by atoms with Crippen molar-refractivity contribution in [2.45, 2.75) is 26.3 Å². The Balaban J connectivity index is 2.21. The van der Waals surface area contributed by atoms with E-state index in [9.17, 15) is 4.79 Å². The Morgan fingerprint density at radius 2 is 2.14 bits per heavy atom. The lowest BCUT2D eigenvalue weighted by molar-refractivity contribution is 0.0923. The number of nitrogens with one attached hydrogen (secondary N) is 1. The number of halogens is 1. The summed E-state index contributed by atoms with van der Waals surface area (Å²) in [5.74, 6) is 0.796. The van der Waals surface area contributed by atoms with E-state index in [2.05, 4.69) is 34.3 Å². The molecule has 114 valence electrons. The van der Waals surface area contributed by atoms with Crippen molar-refractivity contribution in [3.05, 3.63) is 29.1 Å². The van der Waals surface area contributed by atoms with Crippen molar-refractivity contribution in [2.24, 2.45) is 20.0 Å². The molecule has 1 atom stereocenters. The third kappa shape index (κ3) is 3.60. The summed E-state index contributed by atoms with van der Waals surface area (Å²) in [4.78, 5) is 16.6. The molecule has 1 amide bonds. The fourth-order valence-corrected chi connectivity index (χ4v) is 2.43. The third-order valence-corrected chi connectivity index (χ3v) is 3.35. The Bertz CT molecular complexity index is 632. The number of rotatable bonds is 5. The molecule has 21 heavy (non-hydrogen) atoms. The highest BCUT2D eigenvalue weighted by Crippen LogP contribution is 2.21. The van der Waals surface area contributed by atoms with Gasteiger partial charge in [-0.05, 0) is 12.3 Å². The van der Waals surface area contributed by atoms with Crippen LogP contribution in [0.3, 0.4) is 0 Å². The van der Waals surface area contributed by atoms with Gasteiger partial charge >= 0.3 is 0 Å². The van der Waals surface area contributed by atoms with E-state index >= 15 is 0 Å². The minimum Gasteiger partial charge on any atom is -0.341 e. The molecule has 0 spiro atoms. The second-order valence-corrected chi connectivity index (χ2v) is 5.80. The van der Waals surface area contributed by atoms with Crippen LogP contribution in [0.15, 0.2) is 12.5 Å². The normalized spacial score (nSPS) is 12.7. The fourth-order valence-electron chi connectivity index (χ4n) is 2.16. The van der Waals surface area contributed by atoms with Gasteiger partial charge in [-0.25, -0.2) is 4.98 Å². The molecule has 0 fully saturated rings. The lowest BCUT2D eigenvalue weighted by Crippen LogP contribution is -2.32. The summed E-state index contributed by atoms with van der Waals surface area (Å²) in [5.41, 5.74) is 0.218. The Kier molecular flexibility index (Phi) is 4.62. The van der Waals surface area contributed by atoms with Crippen LogP contribution in [-0.4, -0.2) is 30.5 Å². The lowest BCUT2D eigenvalue weighted by Gasteiger charge is -2.19. The van der Waals surface area contributed by atoms with Crippen molar-refractivity contribution in [1.29, 1.82) is 0 Å². The van der Waals surface area contributed by atoms with Crippen LogP contribution in [-0.2, 0) is 14.1 Å². The molecule has 0 aromatic carbocycles. The van der Waals surface area contributed by atoms with E-state index < -0.39 is 0 Å². The summed E-state index contributed by atoms with van der Waals surface area (Å²) in [7, 11) is 3.52. The van der Waals surface area contributed by atoms with Crippen LogP contribution in [0.4, 0.5) is 0 Å². The first kappa shape index (κ1) is 15.5. The van der Waals surface area contributed by atoms with Gasteiger partial charge in [-0.15, -0.1) is 0 Å². The molecule has 0 saturated heterocycles. The first-order valence-electron chi connectivity index (χ1n) is 6.72. The minimum absolute atomic E-state index is 0.218. The Morgan fingerprint density at radius 1 is 1.43 bits per heavy atom. The van der Waals surface area contributed by atoms with Crippen LogP contribution in [0.2, 0.25) is 5.02 Å². The fraction of sp³-hybridized carbons (Fsp3) is 0.538. The summed E-state index contributed by atoms with van der Waals surface area (Å²) in [6, 6.07) is -0.233. The molecule has 0 aliphatic heterocycles. The Hall–Kier alpha value is -1.89. The monoisotopic (exact) mass is 310 g/mol. The van der Waals surface area contributed by atoms with Crippen LogP contribution in [0.25, 0.3) is 0 Å². The van der Waals surface area contributed by atoms with Crippen molar-refractivity contribution in [3.8, 4) is 0 Å². The summed E-state index contributed by atoms with van der Waals surface area (Å²) in [6.45, 7) is 4.17. The van der Waals surface area contributed by atoms with E-state index in [4.69, 9.17) is 11.6 Å². The Morgan fingerprint density at radius 3 is 2.62 bits per heavy atom. The summed E-state index contributed by atoms with van der Waals surface area (Å²) >= 11 is 6.01. The average Bonchev–Trinajstić information content (AvgIpc) is 2.93. The maximum Gasteiger partial charge on any atom is 0.273 e. The highest BCUT2D eigenvalue weighted by molar-refractivity contribution is 6.33. The molecular formula is C13H19ClN6O. The van der Waals surface area contributed by atoms with E-state index in [1.54, 1.807) is 25.0 Å². The van der Waals surface area contributed by atoms with Crippen molar-refractivity contribution < 1.29 is 4.79 Å². The van der Waals surface area contributed by atoms with E-state index in [-0.39, 0.29) is 17.6 Å². The molecule has 2 rings (SSSR count). The van der Waals surface area contributed by atoms with E-state index in [0.29, 0.717) is 16.8 Å². The highest BCUT2D eigenvalue weighted by atomic mass is 35.5. The summed E-state index contributed by atoms with van der Waals surface area (Å²) in [6.07, 6.45) is 3.82. The molecule has 8 heteroatoms. The molecule has 1 N–H and O–H groups in total. The van der Waals surface area contributed by atoms with Crippen molar-refractivity contribution in [3.63, 3.8) is 0 Å². The van der Waals surface area contributed by atoms with Gasteiger partial charge in [-0.1, -0.05) is 25.4 Å². The standard InChI is InChI=1S/C13H19ClN6O/c1-8(2)5-10(12-15-7-16-20(12)4)17-13(21)11-9(14)6-19(3)18-11/h6-8,10H,5H2,1-4H3,(H,17,21)/t10-/m0/s1. The molecule has 0 unspecified atom stereocenters. The molecular weight excluding hydrogens is 292 g/mol. The summed E-state index contributed by atoms with van der Waals surface area (Å²) in [5, 5.41) is 11.4. The number of hydrogen-bond acceptors (Lipinski definition) is 4. The SMILES string of the molecule is CC(C)C[C@H](NC(=O)c1nn(C)cc1Cl)c1ncnn1C. The zero-order valence-corrected chi connectivity index (χ0v) is 13.3. The molecule has 0 bridgehead atoms. The second kappa shape index (κ2) is 6.26. The molecule has 0 radical (unpaired) electrons. The number of carbonyl (C=O) groups is 1. The number of aryl methyl sites for hydroxylation is 2. The predicted octanol–water partition coefficient (Wildman–Crippen LogP) is 1.72. The topological polar surface area (TPSA) is 77.6 Å². The molecule has 7 nitrogen and oxygen atoms in total. The average molecular weight is 311 g/mol. The van der Waals surface area contributed by atoms with Crippen LogP contribution in [0.1, 0.15) is 42.6 Å². The summed E-state index contributed by atoms with van der Waals surface area (Å²) < 4.78 is 3.17. The maximum atomic E-state index is 12.3. The van der Waals surface area contributed by atoms with Crippen molar-refractivity contribution >= 4 is 17.5 Å². The smallest absolute Gasteiger partial charge is 0.273 e. The van der Waals surface area contributed by atoms with E-state index in [1.807, 2.05) is 0 Å². The van der Waals surface area contributed by atoms with Gasteiger partial charge in [-0.3, -0.25) is 14.2 Å². The van der Waals surface area contributed by atoms with Gasteiger partial charge in [0.15, 0.2) is 5.69 Å². The number of amides is 1. The van der Waals surface area contributed by atoms with Gasteiger partial charge in [0.05, 0.1) is 11.1 Å². The van der Waals surface area contributed by atoms with Crippen LogP contribution < -0.4 is 5.32 Å². The zero-order chi connectivity index (χ0) is 15.6. The highest BCUT2D eigenvalue weighted by Gasteiger charge is 2.23. The van der Waals surface area contributed by atoms with Crippen LogP contribution >= 0.6 is 11.6 Å². The number of aromatic nitrogens is 5. The molecule has 0 aliphatic carbocycles. The quantitative estimate of drug-likeness (QED) is 0.912. The lowest BCUT2D eigenvalue weighted by atomic mass is 10.0. The Labute approximate surface area is 128 Å². The molecule has 2 heterocycles. The molecule has 2 aromatic heterocycles. The zero-order valence-electron chi connectivity index (χ0n) is 12.5. The van der Waals surface area contributed by atoms with Gasteiger partial charge < -0.3 is 5.32 Å². The molecule has 2 aromatic rings. The predicted molar refractivity (Wildman–Crippen MR) is 78.9 cm³/mol. The largest absolute Gasteiger partial charge is 0.341 e. The van der Waals surface area contributed by atoms with Crippen LogP contribution in [0.5, 0.6) is 0 Å². The van der Waals surface area contributed by atoms with Crippen molar-refractivity contribution in [1.82, 2.24) is 29.9 Å². The second-order valence-electron chi connectivity index (χ2n) is 5.40. The number of nitrogens with zero attached hydrogens (tertiary/aromatic N) is 5. The van der Waals surface area contributed by atoms with E-state index in [0.717, 1.165) is 6.42 Å². The van der Waals surface area contributed by atoms with Crippen molar-refractivity contribution in [2.75, 3.05) is 0 Å². The molecule has 0 aliphatic rings. The van der Waals surface area contributed by atoms with E-state index in [1.165, 1.54) is 11.0 Å². The van der Waals surface area contributed by atoms with Gasteiger partial charge in [-0.2, -0.15) is 10.2 Å². The minimum atomic E-state index is -0.311. The molecule has 0 saturated carbocycles. The first-order valence-corrected chi connectivity index (χ1v) is 7.10. The van der Waals surface area contributed by atoms with Gasteiger partial charge in [0, 0.05) is 20.3 Å². The number of carbonyl (C=O) groups excluding carboxylic acids is 1. The van der Waals surface area contributed by atoms with Gasteiger partial charge in [0.1, 0.15) is 12.2 Å². The first-order chi connectivity index (χ1) is 9.88. The number of hydrogen-bond donors (Lipinski definition) is 1. The third-order valence-electron chi connectivity index (χ3n) is 3.07.